The Morgan fingerprint density at radius 2 is 2.47 bits per heavy atom. The molecule has 1 aromatic rings. The normalized spacial score (nSPS) is 18.2. The predicted octanol–water partition coefficient (Wildman–Crippen LogP) is 2.32. The SMILES string of the molecule is CCCC1CCN(C(=O)c2sccc2C#CCN)C1. The van der Waals surface area contributed by atoms with E-state index in [-0.39, 0.29) is 5.91 Å². The van der Waals surface area contributed by atoms with E-state index in [1.54, 1.807) is 0 Å². The van der Waals surface area contributed by atoms with Gasteiger partial charge in [-0.3, -0.25) is 4.79 Å². The van der Waals surface area contributed by atoms with E-state index < -0.39 is 0 Å². The number of likely N-dealkylation sites (tertiary alicyclic amines) is 1. The minimum atomic E-state index is 0.134. The van der Waals surface area contributed by atoms with E-state index in [9.17, 15) is 4.79 Å². The minimum absolute atomic E-state index is 0.134. The molecule has 1 amide bonds. The van der Waals surface area contributed by atoms with Gasteiger partial charge < -0.3 is 10.6 Å². The van der Waals surface area contributed by atoms with Crippen LogP contribution in [0.25, 0.3) is 0 Å². The average Bonchev–Trinajstić information content (AvgIpc) is 3.04. The lowest BCUT2D eigenvalue weighted by Gasteiger charge is -2.15. The highest BCUT2D eigenvalue weighted by atomic mass is 32.1. The van der Waals surface area contributed by atoms with Crippen LogP contribution in [0.4, 0.5) is 0 Å². The van der Waals surface area contributed by atoms with Gasteiger partial charge in [0.15, 0.2) is 0 Å². The van der Waals surface area contributed by atoms with Crippen LogP contribution < -0.4 is 5.73 Å². The van der Waals surface area contributed by atoms with Crippen molar-refractivity contribution in [2.24, 2.45) is 11.7 Å². The second-order valence-corrected chi connectivity index (χ2v) is 5.78. The lowest BCUT2D eigenvalue weighted by atomic mass is 10.0. The summed E-state index contributed by atoms with van der Waals surface area (Å²) >= 11 is 1.47. The Bertz CT molecular complexity index is 498. The maximum absolute atomic E-state index is 12.5. The van der Waals surface area contributed by atoms with Gasteiger partial charge >= 0.3 is 0 Å². The van der Waals surface area contributed by atoms with Crippen molar-refractivity contribution in [3.05, 3.63) is 21.9 Å². The number of carbonyl (C=O) groups excluding carboxylic acids is 1. The maximum atomic E-state index is 12.5. The molecule has 2 rings (SSSR count). The van der Waals surface area contributed by atoms with Crippen LogP contribution in [0.2, 0.25) is 0 Å². The highest BCUT2D eigenvalue weighted by Crippen LogP contribution is 2.25. The van der Waals surface area contributed by atoms with Crippen molar-refractivity contribution in [3.8, 4) is 11.8 Å². The largest absolute Gasteiger partial charge is 0.338 e. The summed E-state index contributed by atoms with van der Waals surface area (Å²) in [5.41, 5.74) is 6.20. The Kier molecular flexibility index (Phi) is 5.00. The molecule has 0 aromatic carbocycles. The quantitative estimate of drug-likeness (QED) is 0.861. The molecule has 102 valence electrons. The van der Waals surface area contributed by atoms with Gasteiger partial charge in [0.05, 0.1) is 6.54 Å². The Hall–Kier alpha value is -1.31. The first-order valence-corrected chi connectivity index (χ1v) is 7.70. The number of hydrogen-bond donors (Lipinski definition) is 1. The van der Waals surface area contributed by atoms with Crippen LogP contribution in [0.3, 0.4) is 0 Å². The predicted molar refractivity (Wildman–Crippen MR) is 79.2 cm³/mol. The molecule has 1 aliphatic rings. The van der Waals surface area contributed by atoms with Crippen molar-refractivity contribution >= 4 is 17.2 Å². The summed E-state index contributed by atoms with van der Waals surface area (Å²) in [6, 6.07) is 1.90. The molecular formula is C15H20N2OS. The average molecular weight is 276 g/mol. The fraction of sp³-hybridized carbons (Fsp3) is 0.533. The van der Waals surface area contributed by atoms with E-state index in [1.165, 1.54) is 24.2 Å². The molecular weight excluding hydrogens is 256 g/mol. The van der Waals surface area contributed by atoms with Crippen LogP contribution in [0.1, 0.15) is 41.4 Å². The molecule has 0 bridgehead atoms. The summed E-state index contributed by atoms with van der Waals surface area (Å²) in [6.45, 7) is 4.30. The molecule has 1 aliphatic heterocycles. The number of rotatable bonds is 3. The zero-order valence-corrected chi connectivity index (χ0v) is 12.1. The molecule has 2 heterocycles. The smallest absolute Gasteiger partial charge is 0.265 e. The summed E-state index contributed by atoms with van der Waals surface area (Å²) in [7, 11) is 0. The number of nitrogens with zero attached hydrogens (tertiary/aromatic N) is 1. The van der Waals surface area contributed by atoms with Gasteiger partial charge in [-0.25, -0.2) is 0 Å². The van der Waals surface area contributed by atoms with Crippen molar-refractivity contribution in [1.29, 1.82) is 0 Å². The van der Waals surface area contributed by atoms with Gasteiger partial charge in [-0.15, -0.1) is 11.3 Å². The molecule has 4 heteroatoms. The van der Waals surface area contributed by atoms with Crippen molar-refractivity contribution in [2.75, 3.05) is 19.6 Å². The summed E-state index contributed by atoms with van der Waals surface area (Å²) in [5, 5.41) is 1.92. The van der Waals surface area contributed by atoms with E-state index in [2.05, 4.69) is 18.8 Å². The maximum Gasteiger partial charge on any atom is 0.265 e. The third-order valence-corrected chi connectivity index (χ3v) is 4.36. The summed E-state index contributed by atoms with van der Waals surface area (Å²) < 4.78 is 0. The summed E-state index contributed by atoms with van der Waals surface area (Å²) in [4.78, 5) is 15.2. The highest BCUT2D eigenvalue weighted by Gasteiger charge is 2.27. The molecule has 1 saturated heterocycles. The first-order chi connectivity index (χ1) is 9.26. The Labute approximate surface area is 118 Å². The van der Waals surface area contributed by atoms with E-state index in [4.69, 9.17) is 5.73 Å². The van der Waals surface area contributed by atoms with Crippen molar-refractivity contribution < 1.29 is 4.79 Å². The molecule has 19 heavy (non-hydrogen) atoms. The van der Waals surface area contributed by atoms with E-state index in [0.29, 0.717) is 12.5 Å². The van der Waals surface area contributed by atoms with E-state index in [1.807, 2.05) is 16.3 Å². The van der Waals surface area contributed by atoms with Gasteiger partial charge in [0.1, 0.15) is 4.88 Å². The zero-order valence-electron chi connectivity index (χ0n) is 11.3. The van der Waals surface area contributed by atoms with E-state index in [0.717, 1.165) is 30.0 Å². The van der Waals surface area contributed by atoms with Crippen molar-refractivity contribution in [2.45, 2.75) is 26.2 Å². The van der Waals surface area contributed by atoms with Gasteiger partial charge in [0.2, 0.25) is 0 Å². The van der Waals surface area contributed by atoms with Crippen LogP contribution in [-0.2, 0) is 0 Å². The summed E-state index contributed by atoms with van der Waals surface area (Å²) in [6.07, 6.45) is 3.54. The summed E-state index contributed by atoms with van der Waals surface area (Å²) in [5.74, 6) is 6.61. The van der Waals surface area contributed by atoms with Gasteiger partial charge in [-0.05, 0) is 30.2 Å². The molecule has 3 nitrogen and oxygen atoms in total. The molecule has 0 radical (unpaired) electrons. The minimum Gasteiger partial charge on any atom is -0.338 e. The first-order valence-electron chi connectivity index (χ1n) is 6.82. The number of hydrogen-bond acceptors (Lipinski definition) is 3. The van der Waals surface area contributed by atoms with Crippen LogP contribution in [0.15, 0.2) is 11.4 Å². The molecule has 1 aromatic heterocycles. The number of amides is 1. The van der Waals surface area contributed by atoms with Crippen molar-refractivity contribution in [1.82, 2.24) is 4.90 Å². The molecule has 1 unspecified atom stereocenters. The fourth-order valence-corrected chi connectivity index (χ4v) is 3.34. The molecule has 1 atom stereocenters. The Balaban J connectivity index is 2.06. The topological polar surface area (TPSA) is 46.3 Å². The van der Waals surface area contributed by atoms with Crippen LogP contribution in [0, 0.1) is 17.8 Å². The monoisotopic (exact) mass is 276 g/mol. The van der Waals surface area contributed by atoms with E-state index >= 15 is 0 Å². The third-order valence-electron chi connectivity index (χ3n) is 3.45. The molecule has 0 spiro atoms. The lowest BCUT2D eigenvalue weighted by molar-refractivity contribution is 0.0791. The first kappa shape index (κ1) is 14.1. The van der Waals surface area contributed by atoms with Gasteiger partial charge in [0, 0.05) is 18.7 Å². The number of thiophene rings is 1. The van der Waals surface area contributed by atoms with Gasteiger partial charge in [-0.2, -0.15) is 0 Å². The number of nitrogens with two attached hydrogens (primary N) is 1. The molecule has 0 aliphatic carbocycles. The molecule has 2 N–H and O–H groups in total. The zero-order chi connectivity index (χ0) is 13.7. The fourth-order valence-electron chi connectivity index (χ4n) is 2.52. The third kappa shape index (κ3) is 3.37. The molecule has 0 saturated carbocycles. The molecule has 1 fully saturated rings. The van der Waals surface area contributed by atoms with Crippen molar-refractivity contribution in [3.63, 3.8) is 0 Å². The highest BCUT2D eigenvalue weighted by molar-refractivity contribution is 7.12. The van der Waals surface area contributed by atoms with Gasteiger partial charge in [0.25, 0.3) is 5.91 Å². The number of carbonyl (C=O) groups is 1. The Morgan fingerprint density at radius 1 is 1.63 bits per heavy atom. The standard InChI is InChI=1S/C15H20N2OS/c1-2-4-12-6-9-17(11-12)15(18)14-13(5-3-8-16)7-10-19-14/h7,10,12H,2,4,6,8-9,11,16H2,1H3. The second-order valence-electron chi connectivity index (χ2n) is 4.86. The van der Waals surface area contributed by atoms with Crippen LogP contribution in [0.5, 0.6) is 0 Å². The van der Waals surface area contributed by atoms with Crippen LogP contribution in [-0.4, -0.2) is 30.4 Å². The van der Waals surface area contributed by atoms with Gasteiger partial charge in [-0.1, -0.05) is 25.2 Å². The van der Waals surface area contributed by atoms with Crippen LogP contribution >= 0.6 is 11.3 Å². The Morgan fingerprint density at radius 3 is 3.21 bits per heavy atom. The lowest BCUT2D eigenvalue weighted by Crippen LogP contribution is -2.28. The second kappa shape index (κ2) is 6.74.